The average Bonchev–Trinajstić information content (AvgIpc) is 2.83. The van der Waals surface area contributed by atoms with E-state index in [-0.39, 0.29) is 0 Å². The summed E-state index contributed by atoms with van der Waals surface area (Å²) in [6, 6.07) is 0. The van der Waals surface area contributed by atoms with Crippen LogP contribution in [0.3, 0.4) is 0 Å². The van der Waals surface area contributed by atoms with Crippen molar-refractivity contribution in [3.63, 3.8) is 0 Å². The molecule has 0 aromatic rings. The highest BCUT2D eigenvalue weighted by atomic mass is 31.2. The lowest BCUT2D eigenvalue weighted by molar-refractivity contribution is -0.0328. The maximum atomic E-state index is 8.67. The SMILES string of the molecule is CCCCCCCCCCCCCCCCCCO.OCC(CO)(CO)CO.OP(O)OP(O)O. The molecule has 0 bridgehead atoms. The van der Waals surface area contributed by atoms with E-state index in [1.165, 1.54) is 96.3 Å². The van der Waals surface area contributed by atoms with E-state index >= 15 is 0 Å². The smallest absolute Gasteiger partial charge is 0.334 e. The highest BCUT2D eigenvalue weighted by Crippen LogP contribution is 2.41. The second kappa shape index (κ2) is 32.5. The number of aliphatic hydroxyl groups excluding tert-OH is 5. The lowest BCUT2D eigenvalue weighted by Crippen LogP contribution is -2.37. The molecule has 0 saturated heterocycles. The molecule has 0 spiro atoms. The number of aliphatic hydroxyl groups is 5. The van der Waals surface area contributed by atoms with Crippen LogP contribution in [0.2, 0.25) is 0 Å². The summed E-state index contributed by atoms with van der Waals surface area (Å²) in [4.78, 5) is 31.3. The van der Waals surface area contributed by atoms with Gasteiger partial charge < -0.3 is 45.1 Å². The van der Waals surface area contributed by atoms with Gasteiger partial charge in [-0.25, -0.2) is 4.31 Å². The first-order valence-corrected chi connectivity index (χ1v) is 15.2. The topological polar surface area (TPSA) is 191 Å². The molecule has 0 amide bonds. The van der Waals surface area contributed by atoms with Gasteiger partial charge in [0.2, 0.25) is 0 Å². The summed E-state index contributed by atoms with van der Waals surface area (Å²) in [6.07, 6.45) is 22.2. The molecule has 0 saturated carbocycles. The average molecular weight is 553 g/mol. The Kier molecular flexibility index (Phi) is 37.1. The predicted octanol–water partition coefficient (Wildman–Crippen LogP) is 3.61. The molecule has 0 unspecified atom stereocenters. The van der Waals surface area contributed by atoms with Crippen molar-refractivity contribution >= 4 is 17.2 Å². The van der Waals surface area contributed by atoms with Crippen LogP contribution >= 0.6 is 17.2 Å². The second-order valence-electron chi connectivity index (χ2n) is 8.75. The van der Waals surface area contributed by atoms with Gasteiger partial charge in [0, 0.05) is 6.61 Å². The van der Waals surface area contributed by atoms with Crippen LogP contribution in [0.4, 0.5) is 0 Å². The summed E-state index contributed by atoms with van der Waals surface area (Å²) < 4.78 is 3.60. The normalized spacial score (nSPS) is 11.3. The molecular formula is C23H54O10P2. The summed E-state index contributed by atoms with van der Waals surface area (Å²) >= 11 is 0. The van der Waals surface area contributed by atoms with Crippen LogP contribution in [0.25, 0.3) is 0 Å². The first kappa shape index (κ1) is 40.0. The van der Waals surface area contributed by atoms with E-state index < -0.39 is 49.0 Å². The molecule has 9 N–H and O–H groups in total. The van der Waals surface area contributed by atoms with E-state index in [2.05, 4.69) is 11.2 Å². The molecule has 0 aromatic heterocycles. The zero-order chi connectivity index (χ0) is 27.2. The monoisotopic (exact) mass is 552 g/mol. The maximum Gasteiger partial charge on any atom is 0.334 e. The number of hydrogen-bond donors (Lipinski definition) is 9. The van der Waals surface area contributed by atoms with E-state index in [0.29, 0.717) is 6.61 Å². The third kappa shape index (κ3) is 34.5. The van der Waals surface area contributed by atoms with E-state index in [9.17, 15) is 0 Å². The molecule has 216 valence electrons. The van der Waals surface area contributed by atoms with Crippen molar-refractivity contribution in [3.05, 3.63) is 0 Å². The Morgan fingerprint density at radius 2 is 0.714 bits per heavy atom. The highest BCUT2D eigenvalue weighted by Gasteiger charge is 2.26. The van der Waals surface area contributed by atoms with E-state index in [1.54, 1.807) is 0 Å². The van der Waals surface area contributed by atoms with Gasteiger partial charge in [-0.2, -0.15) is 0 Å². The molecule has 0 aliphatic rings. The number of unbranched alkanes of at least 4 members (excludes halogenated alkanes) is 15. The number of hydrogen-bond acceptors (Lipinski definition) is 10. The molecule has 0 aromatic carbocycles. The van der Waals surface area contributed by atoms with Crippen molar-refractivity contribution in [3.8, 4) is 0 Å². The van der Waals surface area contributed by atoms with Gasteiger partial charge in [-0.05, 0) is 6.42 Å². The Morgan fingerprint density at radius 1 is 0.457 bits per heavy atom. The fourth-order valence-corrected chi connectivity index (χ4v) is 3.55. The summed E-state index contributed by atoms with van der Waals surface area (Å²) in [6.45, 7) is 1.03. The maximum absolute atomic E-state index is 8.67. The molecule has 35 heavy (non-hydrogen) atoms. The minimum atomic E-state index is -2.61. The van der Waals surface area contributed by atoms with Crippen molar-refractivity contribution < 1.29 is 49.4 Å². The lowest BCUT2D eigenvalue weighted by Gasteiger charge is -2.23. The van der Waals surface area contributed by atoms with Crippen LogP contribution in [0.5, 0.6) is 0 Å². The molecule has 0 aliphatic heterocycles. The largest absolute Gasteiger partial charge is 0.396 e. The fraction of sp³-hybridized carbons (Fsp3) is 1.00. The van der Waals surface area contributed by atoms with Gasteiger partial charge in [-0.1, -0.05) is 103 Å². The van der Waals surface area contributed by atoms with Crippen LogP contribution in [-0.4, -0.2) is 78.1 Å². The molecule has 0 radical (unpaired) electrons. The predicted molar refractivity (Wildman–Crippen MR) is 141 cm³/mol. The first-order chi connectivity index (χ1) is 16.8. The van der Waals surface area contributed by atoms with Crippen molar-refractivity contribution in [2.75, 3.05) is 33.0 Å². The molecule has 10 nitrogen and oxygen atoms in total. The molecule has 0 fully saturated rings. The molecule has 0 aliphatic carbocycles. The lowest BCUT2D eigenvalue weighted by atomic mass is 9.93. The van der Waals surface area contributed by atoms with Crippen LogP contribution in [-0.2, 0) is 4.31 Å². The molecule has 0 rings (SSSR count). The van der Waals surface area contributed by atoms with Gasteiger partial charge in [0.15, 0.2) is 0 Å². The summed E-state index contributed by atoms with van der Waals surface area (Å²) in [7, 11) is -5.22. The van der Waals surface area contributed by atoms with Crippen LogP contribution in [0.15, 0.2) is 0 Å². The Balaban J connectivity index is -0.000000527. The summed E-state index contributed by atoms with van der Waals surface area (Å²) in [5.41, 5.74) is -1.11. The van der Waals surface area contributed by atoms with Crippen molar-refractivity contribution in [2.24, 2.45) is 5.41 Å². The Bertz CT molecular complexity index is 337. The highest BCUT2D eigenvalue weighted by molar-refractivity contribution is 7.53. The van der Waals surface area contributed by atoms with Gasteiger partial charge in [-0.15, -0.1) is 0 Å². The van der Waals surface area contributed by atoms with Gasteiger partial charge >= 0.3 is 17.2 Å². The fourth-order valence-electron chi connectivity index (χ4n) is 3.03. The Morgan fingerprint density at radius 3 is 0.857 bits per heavy atom. The van der Waals surface area contributed by atoms with Gasteiger partial charge in [0.1, 0.15) is 0 Å². The minimum absolute atomic E-state index is 0.373. The third-order valence-electron chi connectivity index (χ3n) is 5.50. The minimum Gasteiger partial charge on any atom is -0.396 e. The van der Waals surface area contributed by atoms with Crippen LogP contribution in [0.1, 0.15) is 110 Å². The summed E-state index contributed by atoms with van der Waals surface area (Å²) in [5.74, 6) is 0. The quantitative estimate of drug-likeness (QED) is 0.0708. The van der Waals surface area contributed by atoms with Crippen LogP contribution in [0, 0.1) is 5.41 Å². The number of rotatable bonds is 22. The van der Waals surface area contributed by atoms with Crippen molar-refractivity contribution in [1.82, 2.24) is 0 Å². The van der Waals surface area contributed by atoms with Crippen molar-refractivity contribution in [1.29, 1.82) is 0 Å². The zero-order valence-electron chi connectivity index (χ0n) is 21.7. The Labute approximate surface area is 215 Å². The van der Waals surface area contributed by atoms with Crippen LogP contribution < -0.4 is 0 Å². The van der Waals surface area contributed by atoms with Gasteiger partial charge in [-0.3, -0.25) is 0 Å². The van der Waals surface area contributed by atoms with Crippen molar-refractivity contribution in [2.45, 2.75) is 110 Å². The van der Waals surface area contributed by atoms with E-state index in [1.807, 2.05) is 0 Å². The molecular weight excluding hydrogens is 498 g/mol. The zero-order valence-corrected chi connectivity index (χ0v) is 23.5. The Hall–Kier alpha value is 0.460. The van der Waals surface area contributed by atoms with Gasteiger partial charge in [0.25, 0.3) is 0 Å². The van der Waals surface area contributed by atoms with E-state index in [0.717, 1.165) is 6.42 Å². The first-order valence-electron chi connectivity index (χ1n) is 12.9. The standard InChI is InChI=1S/C18H38O.C5H12O4.H4O5P2/c1-2-3-4-5-6-7-8-9-10-11-12-13-14-15-16-17-18-19;6-1-5(2-7,3-8)4-9;1-6(2)5-7(3)4/h19H,2-18H2,1H3;6-9H,1-4H2;1-4H. The third-order valence-corrected chi connectivity index (χ3v) is 6.67. The second-order valence-corrected chi connectivity index (χ2v) is 10.4. The molecule has 0 heterocycles. The molecule has 0 atom stereocenters. The summed E-state index contributed by atoms with van der Waals surface area (Å²) in [5, 5.41) is 42.7. The van der Waals surface area contributed by atoms with E-state index in [4.69, 9.17) is 45.1 Å². The van der Waals surface area contributed by atoms with Gasteiger partial charge in [0.05, 0.1) is 31.8 Å². The molecule has 12 heteroatoms.